The van der Waals surface area contributed by atoms with Crippen molar-refractivity contribution in [3.63, 3.8) is 0 Å². The molecule has 258 valence electrons. The molecule has 0 aliphatic heterocycles. The van der Waals surface area contributed by atoms with Crippen LogP contribution in [0.4, 0.5) is 0 Å². The normalized spacial score (nSPS) is 11.3. The minimum atomic E-state index is 0.552. The summed E-state index contributed by atoms with van der Waals surface area (Å²) in [5.41, 5.74) is 9.02. The van der Waals surface area contributed by atoms with Crippen LogP contribution < -0.4 is 0 Å². The largest absolute Gasteiger partial charge is 0.456 e. The van der Waals surface area contributed by atoms with E-state index in [1.54, 1.807) is 0 Å². The number of nitrogens with zero attached hydrogens (tertiary/aromatic N) is 6. The van der Waals surface area contributed by atoms with Crippen molar-refractivity contribution in [3.05, 3.63) is 182 Å². The average molecular weight is 707 g/mol. The van der Waals surface area contributed by atoms with Gasteiger partial charge in [0.1, 0.15) is 11.2 Å². The van der Waals surface area contributed by atoms with Crippen molar-refractivity contribution in [1.82, 2.24) is 29.9 Å². The Balaban J connectivity index is 1.10. The van der Waals surface area contributed by atoms with E-state index in [-0.39, 0.29) is 0 Å². The van der Waals surface area contributed by atoms with Crippen LogP contribution in [0.1, 0.15) is 0 Å². The lowest BCUT2D eigenvalue weighted by Crippen LogP contribution is -2.00. The minimum Gasteiger partial charge on any atom is -0.456 e. The number of fused-ring (bicyclic) bond motifs is 3. The molecule has 7 heteroatoms. The molecule has 10 aromatic rings. The lowest BCUT2D eigenvalue weighted by Gasteiger charge is -2.09. The predicted octanol–water partition coefficient (Wildman–Crippen LogP) is 11.6. The van der Waals surface area contributed by atoms with E-state index >= 15 is 0 Å². The second kappa shape index (κ2) is 13.7. The molecule has 0 aliphatic rings. The number of benzene rings is 7. The van der Waals surface area contributed by atoms with Crippen LogP contribution in [0.5, 0.6) is 0 Å². The Kier molecular flexibility index (Phi) is 8.00. The summed E-state index contributed by atoms with van der Waals surface area (Å²) in [5.74, 6) is 3.51. The summed E-state index contributed by atoms with van der Waals surface area (Å²) >= 11 is 0. The third-order valence-corrected chi connectivity index (χ3v) is 9.61. The van der Waals surface area contributed by atoms with Gasteiger partial charge < -0.3 is 4.42 Å². The highest BCUT2D eigenvalue weighted by atomic mass is 16.3. The van der Waals surface area contributed by atoms with Gasteiger partial charge in [-0.25, -0.2) is 29.9 Å². The van der Waals surface area contributed by atoms with Gasteiger partial charge in [0.05, 0.1) is 0 Å². The van der Waals surface area contributed by atoms with Crippen LogP contribution in [-0.4, -0.2) is 29.9 Å². The van der Waals surface area contributed by atoms with Crippen LogP contribution in [0.25, 0.3) is 101 Å². The third-order valence-electron chi connectivity index (χ3n) is 9.61. The number of hydrogen-bond donors (Lipinski definition) is 0. The first-order valence-electron chi connectivity index (χ1n) is 18.0. The number of hydrogen-bond acceptors (Lipinski definition) is 7. The zero-order valence-electron chi connectivity index (χ0n) is 29.4. The summed E-state index contributed by atoms with van der Waals surface area (Å²) < 4.78 is 6.55. The molecule has 0 unspecified atom stereocenters. The Hall–Kier alpha value is -7.64. The summed E-state index contributed by atoms with van der Waals surface area (Å²) in [6, 6.07) is 60.7. The Labute approximate surface area is 316 Å². The molecular formula is C48H30N6O. The molecule has 0 N–H and O–H groups in total. The van der Waals surface area contributed by atoms with Crippen LogP contribution in [0, 0.1) is 0 Å². The van der Waals surface area contributed by atoms with E-state index in [1.165, 1.54) is 0 Å². The Morgan fingerprint density at radius 3 is 1.16 bits per heavy atom. The molecule has 0 aliphatic carbocycles. The van der Waals surface area contributed by atoms with Crippen molar-refractivity contribution in [3.8, 4) is 79.5 Å². The van der Waals surface area contributed by atoms with E-state index in [0.29, 0.717) is 40.5 Å². The summed E-state index contributed by atoms with van der Waals surface area (Å²) in [5, 5.41) is 1.86. The van der Waals surface area contributed by atoms with E-state index in [9.17, 15) is 0 Å². The van der Waals surface area contributed by atoms with Crippen molar-refractivity contribution in [2.24, 2.45) is 0 Å². The van der Waals surface area contributed by atoms with E-state index in [4.69, 9.17) is 34.3 Å². The van der Waals surface area contributed by atoms with Crippen molar-refractivity contribution in [1.29, 1.82) is 0 Å². The zero-order valence-corrected chi connectivity index (χ0v) is 29.4. The van der Waals surface area contributed by atoms with Gasteiger partial charge in [-0.2, -0.15) is 0 Å². The average Bonchev–Trinajstić information content (AvgIpc) is 3.66. The monoisotopic (exact) mass is 706 g/mol. The molecule has 55 heavy (non-hydrogen) atoms. The molecule has 3 aromatic heterocycles. The lowest BCUT2D eigenvalue weighted by molar-refractivity contribution is 0.669. The molecule has 10 rings (SSSR count). The molecule has 7 nitrogen and oxygen atoms in total. The van der Waals surface area contributed by atoms with Crippen LogP contribution in [0.2, 0.25) is 0 Å². The van der Waals surface area contributed by atoms with Crippen LogP contribution >= 0.6 is 0 Å². The number of aromatic nitrogens is 6. The second-order valence-corrected chi connectivity index (χ2v) is 13.1. The molecule has 0 amide bonds. The molecule has 0 atom stereocenters. The molecule has 0 spiro atoms. The Morgan fingerprint density at radius 1 is 0.273 bits per heavy atom. The van der Waals surface area contributed by atoms with Gasteiger partial charge >= 0.3 is 0 Å². The van der Waals surface area contributed by atoms with Crippen LogP contribution in [-0.2, 0) is 0 Å². The van der Waals surface area contributed by atoms with Crippen molar-refractivity contribution in [2.45, 2.75) is 0 Å². The molecule has 0 radical (unpaired) electrons. The van der Waals surface area contributed by atoms with E-state index in [0.717, 1.165) is 60.9 Å². The van der Waals surface area contributed by atoms with Gasteiger partial charge in [0, 0.05) is 44.2 Å². The summed E-state index contributed by atoms with van der Waals surface area (Å²) in [4.78, 5) is 29.8. The van der Waals surface area contributed by atoms with Gasteiger partial charge in [-0.15, -0.1) is 0 Å². The van der Waals surface area contributed by atoms with Gasteiger partial charge in [0.25, 0.3) is 0 Å². The molecule has 0 saturated carbocycles. The fourth-order valence-corrected chi connectivity index (χ4v) is 6.87. The SMILES string of the molecule is c1ccc(-c2ccc(-c3nc(-c4ccccc4)nc(-c4ccc5c(c4)oc4cccc(-c6nc(-c7ccccc7)nc(-c7ccccc7)n6)c45)n3)cc2)cc1. The van der Waals surface area contributed by atoms with Crippen LogP contribution in [0.15, 0.2) is 186 Å². The first kappa shape index (κ1) is 32.0. The fraction of sp³-hybridized carbons (Fsp3) is 0. The maximum atomic E-state index is 6.55. The van der Waals surface area contributed by atoms with E-state index in [1.807, 2.05) is 140 Å². The molecule has 0 saturated heterocycles. The molecular weight excluding hydrogens is 677 g/mol. The minimum absolute atomic E-state index is 0.552. The van der Waals surface area contributed by atoms with Gasteiger partial charge in [-0.05, 0) is 29.3 Å². The molecule has 3 heterocycles. The zero-order chi connectivity index (χ0) is 36.6. The molecule has 7 aromatic carbocycles. The predicted molar refractivity (Wildman–Crippen MR) is 219 cm³/mol. The number of furan rings is 1. The van der Waals surface area contributed by atoms with Crippen molar-refractivity contribution >= 4 is 21.9 Å². The number of rotatable bonds is 7. The van der Waals surface area contributed by atoms with Gasteiger partial charge in [-0.1, -0.05) is 164 Å². The first-order valence-corrected chi connectivity index (χ1v) is 18.0. The van der Waals surface area contributed by atoms with Crippen molar-refractivity contribution in [2.75, 3.05) is 0 Å². The fourth-order valence-electron chi connectivity index (χ4n) is 6.87. The maximum Gasteiger partial charge on any atom is 0.164 e. The summed E-state index contributed by atoms with van der Waals surface area (Å²) in [7, 11) is 0. The highest BCUT2D eigenvalue weighted by molar-refractivity contribution is 6.12. The highest BCUT2D eigenvalue weighted by Gasteiger charge is 2.19. The first-order chi connectivity index (χ1) is 27.2. The standard InChI is InChI=1S/C48H30N6O/c1-5-14-31(15-6-1)32-24-26-36(27-25-32)46-49-43(33-16-7-2-8-17-33)51-47(52-46)37-28-29-38-41(30-37)55-40-23-13-22-39(42(38)40)48-53-44(34-18-9-3-10-19-34)50-45(54-48)35-20-11-4-12-21-35/h1-30H. The molecule has 0 bridgehead atoms. The van der Waals surface area contributed by atoms with Gasteiger partial charge in [0.2, 0.25) is 0 Å². The lowest BCUT2D eigenvalue weighted by atomic mass is 10.0. The topological polar surface area (TPSA) is 90.5 Å². The Morgan fingerprint density at radius 2 is 0.655 bits per heavy atom. The summed E-state index contributed by atoms with van der Waals surface area (Å²) in [6.07, 6.45) is 0. The summed E-state index contributed by atoms with van der Waals surface area (Å²) in [6.45, 7) is 0. The maximum absolute atomic E-state index is 6.55. The van der Waals surface area contributed by atoms with E-state index in [2.05, 4.69) is 42.5 Å². The van der Waals surface area contributed by atoms with Gasteiger partial charge in [0.15, 0.2) is 34.9 Å². The highest BCUT2D eigenvalue weighted by Crippen LogP contribution is 2.38. The van der Waals surface area contributed by atoms with Crippen molar-refractivity contribution < 1.29 is 4.42 Å². The van der Waals surface area contributed by atoms with Gasteiger partial charge in [-0.3, -0.25) is 0 Å². The smallest absolute Gasteiger partial charge is 0.164 e. The molecule has 0 fully saturated rings. The van der Waals surface area contributed by atoms with E-state index < -0.39 is 0 Å². The third kappa shape index (κ3) is 6.19. The Bertz CT molecular complexity index is 2890. The van der Waals surface area contributed by atoms with Crippen LogP contribution in [0.3, 0.4) is 0 Å². The second-order valence-electron chi connectivity index (χ2n) is 13.1. The quantitative estimate of drug-likeness (QED) is 0.163.